The lowest BCUT2D eigenvalue weighted by Gasteiger charge is -2.13. The fourth-order valence-electron chi connectivity index (χ4n) is 2.05. The molecule has 0 atom stereocenters. The van der Waals surface area contributed by atoms with Gasteiger partial charge in [0.15, 0.2) is 3.92 Å². The summed E-state index contributed by atoms with van der Waals surface area (Å²) < 4.78 is 2.83. The quantitative estimate of drug-likeness (QED) is 0.630. The summed E-state index contributed by atoms with van der Waals surface area (Å²) in [5.41, 5.74) is 3.52. The molecule has 0 saturated heterocycles. The lowest BCUT2D eigenvalue weighted by molar-refractivity contribution is 0.910. The summed E-state index contributed by atoms with van der Waals surface area (Å²) in [7, 11) is 0. The van der Waals surface area contributed by atoms with Gasteiger partial charge in [0.25, 0.3) is 0 Å². The molecule has 0 bridgehead atoms. The Balaban J connectivity index is 2.07. The van der Waals surface area contributed by atoms with Crippen LogP contribution in [0.5, 0.6) is 0 Å². The van der Waals surface area contributed by atoms with Crippen LogP contribution in [0, 0.1) is 0 Å². The van der Waals surface area contributed by atoms with Gasteiger partial charge in [-0.1, -0.05) is 29.5 Å². The molecule has 0 spiro atoms. The first-order chi connectivity index (χ1) is 8.33. The fraction of sp³-hybridized carbons (Fsp3) is 0.0909. The molecule has 0 saturated carbocycles. The molecule has 2 aromatic heterocycles. The molecule has 3 nitrogen and oxygen atoms in total. The van der Waals surface area contributed by atoms with Crippen molar-refractivity contribution in [2.75, 3.05) is 0 Å². The van der Waals surface area contributed by atoms with Crippen molar-refractivity contribution >= 4 is 44.0 Å². The average Bonchev–Trinajstić information content (AvgIpc) is 2.85. The van der Waals surface area contributed by atoms with E-state index in [1.165, 1.54) is 16.2 Å². The number of hydrogen-bond donors (Lipinski definition) is 0. The Labute approximate surface area is 114 Å². The van der Waals surface area contributed by atoms with Gasteiger partial charge in [0.1, 0.15) is 0 Å². The van der Waals surface area contributed by atoms with Crippen LogP contribution in [0.2, 0.25) is 0 Å². The topological polar surface area (TPSA) is 30.2 Å². The van der Waals surface area contributed by atoms with Crippen LogP contribution in [0.3, 0.4) is 0 Å². The van der Waals surface area contributed by atoms with Crippen molar-refractivity contribution in [1.29, 1.82) is 0 Å². The molecule has 0 radical (unpaired) electrons. The number of thioether (sulfide) groups is 1. The molecular weight excluding hydrogens is 318 g/mol. The summed E-state index contributed by atoms with van der Waals surface area (Å²) in [4.78, 5) is 6.96. The minimum Gasteiger partial charge on any atom is -0.217 e. The third kappa shape index (κ3) is 1.41. The van der Waals surface area contributed by atoms with Crippen LogP contribution in [-0.4, -0.2) is 14.6 Å². The first kappa shape index (κ1) is 10.1. The van der Waals surface area contributed by atoms with Crippen LogP contribution in [0.1, 0.15) is 5.69 Å². The van der Waals surface area contributed by atoms with Crippen LogP contribution in [0.4, 0.5) is 0 Å². The predicted molar refractivity (Wildman–Crippen MR) is 73.6 cm³/mol. The molecule has 6 heteroatoms. The van der Waals surface area contributed by atoms with Crippen LogP contribution in [-0.2, 0) is 5.75 Å². The maximum absolute atomic E-state index is 4.69. The van der Waals surface area contributed by atoms with Crippen LogP contribution in [0.15, 0.2) is 33.1 Å². The summed E-state index contributed by atoms with van der Waals surface area (Å²) in [6.07, 6.45) is 0. The van der Waals surface area contributed by atoms with E-state index in [1.807, 2.05) is 16.3 Å². The van der Waals surface area contributed by atoms with E-state index >= 15 is 0 Å². The van der Waals surface area contributed by atoms with E-state index < -0.39 is 0 Å². The Morgan fingerprint density at radius 2 is 2.18 bits per heavy atom. The second kappa shape index (κ2) is 3.57. The number of halogens is 1. The number of imidazole rings is 1. The van der Waals surface area contributed by atoms with Gasteiger partial charge in [-0.2, -0.15) is 0 Å². The van der Waals surface area contributed by atoms with Crippen molar-refractivity contribution in [3.8, 4) is 11.3 Å². The van der Waals surface area contributed by atoms with E-state index in [1.54, 1.807) is 11.3 Å². The van der Waals surface area contributed by atoms with E-state index in [4.69, 9.17) is 4.98 Å². The molecule has 0 N–H and O–H groups in total. The van der Waals surface area contributed by atoms with Crippen molar-refractivity contribution in [3.05, 3.63) is 33.9 Å². The molecule has 0 amide bonds. The maximum atomic E-state index is 4.69. The molecule has 4 rings (SSSR count). The van der Waals surface area contributed by atoms with E-state index in [0.717, 1.165) is 20.3 Å². The summed E-state index contributed by atoms with van der Waals surface area (Å²) in [5.74, 6) is 0.934. The molecule has 84 valence electrons. The minimum absolute atomic E-state index is 0.881. The average molecular weight is 324 g/mol. The van der Waals surface area contributed by atoms with Gasteiger partial charge in [0, 0.05) is 16.2 Å². The zero-order valence-corrected chi connectivity index (χ0v) is 11.8. The van der Waals surface area contributed by atoms with Crippen molar-refractivity contribution in [2.24, 2.45) is 0 Å². The number of benzene rings is 1. The Hall–Kier alpha value is -0.850. The van der Waals surface area contributed by atoms with Gasteiger partial charge >= 0.3 is 0 Å². The fourth-order valence-corrected chi connectivity index (χ4v) is 4.33. The largest absolute Gasteiger partial charge is 0.217 e. The monoisotopic (exact) mass is 323 g/mol. The Kier molecular flexibility index (Phi) is 2.12. The molecular formula is C11H6BrN3S2. The molecule has 3 aromatic rings. The second-order valence-corrected chi connectivity index (χ2v) is 6.99. The van der Waals surface area contributed by atoms with E-state index in [9.17, 15) is 0 Å². The number of rotatable bonds is 0. The summed E-state index contributed by atoms with van der Waals surface area (Å²) >= 11 is 6.82. The highest BCUT2D eigenvalue weighted by atomic mass is 79.9. The SMILES string of the molecule is Brc1nn2c3c(nc2s1)-c1ccccc1SC3. The molecule has 3 heterocycles. The molecule has 0 unspecified atom stereocenters. The standard InChI is InChI=1S/C11H6BrN3S2/c12-10-14-15-7-5-16-8-4-2-1-3-6(8)9(7)13-11(15)17-10/h1-4H,5H2. The lowest BCUT2D eigenvalue weighted by atomic mass is 10.1. The molecule has 0 aliphatic carbocycles. The van der Waals surface area contributed by atoms with Gasteiger partial charge in [-0.15, -0.1) is 16.9 Å². The summed E-state index contributed by atoms with van der Waals surface area (Å²) in [6, 6.07) is 8.42. The Morgan fingerprint density at radius 3 is 3.12 bits per heavy atom. The van der Waals surface area contributed by atoms with Crippen LogP contribution >= 0.6 is 39.0 Å². The summed E-state index contributed by atoms with van der Waals surface area (Å²) in [6.45, 7) is 0. The normalized spacial score (nSPS) is 13.7. The maximum Gasteiger partial charge on any atom is 0.213 e. The highest BCUT2D eigenvalue weighted by Gasteiger charge is 2.23. The van der Waals surface area contributed by atoms with E-state index in [0.29, 0.717) is 0 Å². The Bertz CT molecular complexity index is 731. The predicted octanol–water partition coefficient (Wildman–Crippen LogP) is 3.83. The van der Waals surface area contributed by atoms with Gasteiger partial charge in [-0.3, -0.25) is 0 Å². The van der Waals surface area contributed by atoms with Crippen molar-refractivity contribution < 1.29 is 0 Å². The van der Waals surface area contributed by atoms with Gasteiger partial charge in [-0.05, 0) is 22.0 Å². The smallest absolute Gasteiger partial charge is 0.213 e. The third-order valence-corrected chi connectivity index (χ3v) is 5.20. The number of nitrogens with zero attached hydrogens (tertiary/aromatic N) is 3. The second-order valence-electron chi connectivity index (χ2n) is 3.74. The highest BCUT2D eigenvalue weighted by Crippen LogP contribution is 2.41. The minimum atomic E-state index is 0.881. The zero-order valence-electron chi connectivity index (χ0n) is 8.55. The van der Waals surface area contributed by atoms with Gasteiger partial charge < -0.3 is 0 Å². The van der Waals surface area contributed by atoms with Crippen LogP contribution < -0.4 is 0 Å². The van der Waals surface area contributed by atoms with E-state index in [-0.39, 0.29) is 0 Å². The first-order valence-electron chi connectivity index (χ1n) is 5.09. The highest BCUT2D eigenvalue weighted by molar-refractivity contribution is 9.11. The van der Waals surface area contributed by atoms with E-state index in [2.05, 4.69) is 45.3 Å². The van der Waals surface area contributed by atoms with Crippen molar-refractivity contribution in [1.82, 2.24) is 14.6 Å². The molecule has 1 aliphatic rings. The summed E-state index contributed by atoms with van der Waals surface area (Å²) in [5, 5.41) is 4.44. The Morgan fingerprint density at radius 1 is 1.29 bits per heavy atom. The molecule has 17 heavy (non-hydrogen) atoms. The van der Waals surface area contributed by atoms with Gasteiger partial charge in [-0.25, -0.2) is 9.50 Å². The molecule has 0 fully saturated rings. The van der Waals surface area contributed by atoms with Gasteiger partial charge in [0.2, 0.25) is 4.96 Å². The number of hydrogen-bond acceptors (Lipinski definition) is 4. The third-order valence-electron chi connectivity index (χ3n) is 2.78. The first-order valence-corrected chi connectivity index (χ1v) is 7.68. The lowest BCUT2D eigenvalue weighted by Crippen LogP contribution is -1.98. The van der Waals surface area contributed by atoms with Crippen molar-refractivity contribution in [3.63, 3.8) is 0 Å². The number of fused-ring (bicyclic) bond motifs is 5. The van der Waals surface area contributed by atoms with Gasteiger partial charge in [0.05, 0.1) is 11.4 Å². The zero-order chi connectivity index (χ0) is 11.4. The number of aromatic nitrogens is 3. The van der Waals surface area contributed by atoms with Crippen LogP contribution in [0.25, 0.3) is 16.2 Å². The molecule has 1 aliphatic heterocycles. The van der Waals surface area contributed by atoms with Crippen molar-refractivity contribution in [2.45, 2.75) is 10.6 Å². The molecule has 1 aromatic carbocycles.